The minimum Gasteiger partial charge on any atom is -0.331 e. The van der Waals surface area contributed by atoms with Crippen molar-refractivity contribution in [1.29, 1.82) is 0 Å². The molecule has 14 heavy (non-hydrogen) atoms. The second kappa shape index (κ2) is 4.55. The first-order valence-corrected chi connectivity index (χ1v) is 4.42. The fourth-order valence-electron chi connectivity index (χ4n) is 0.809. The summed E-state index contributed by atoms with van der Waals surface area (Å²) in [6, 6.07) is -0.228. The number of aromatic nitrogens is 2. The van der Waals surface area contributed by atoms with E-state index >= 15 is 0 Å². The van der Waals surface area contributed by atoms with Gasteiger partial charge < -0.3 is 4.90 Å². The summed E-state index contributed by atoms with van der Waals surface area (Å²) < 4.78 is 0. The van der Waals surface area contributed by atoms with Gasteiger partial charge in [0.1, 0.15) is 0 Å². The third kappa shape index (κ3) is 2.69. The molecule has 2 amide bonds. The van der Waals surface area contributed by atoms with Crippen LogP contribution in [-0.2, 0) is 6.42 Å². The molecule has 1 rings (SSSR count). The van der Waals surface area contributed by atoms with Gasteiger partial charge >= 0.3 is 6.03 Å². The first-order valence-electron chi connectivity index (χ1n) is 4.42. The number of urea groups is 1. The predicted octanol–water partition coefficient (Wildman–Crippen LogP) is 1.13. The fraction of sp³-hybridized carbons (Fsp3) is 0.444. The van der Waals surface area contributed by atoms with E-state index < -0.39 is 0 Å². The molecule has 0 atom stereocenters. The van der Waals surface area contributed by atoms with Crippen LogP contribution in [0, 0.1) is 0 Å². The fourth-order valence-corrected chi connectivity index (χ4v) is 0.809. The van der Waals surface area contributed by atoms with Gasteiger partial charge in [-0.2, -0.15) is 0 Å². The SMILES string of the molecule is CCc1cnc(NC(=O)N(C)C)nc1. The molecular weight excluding hydrogens is 180 g/mol. The van der Waals surface area contributed by atoms with Crippen molar-refractivity contribution in [3.8, 4) is 0 Å². The van der Waals surface area contributed by atoms with Crippen LogP contribution in [-0.4, -0.2) is 35.0 Å². The lowest BCUT2D eigenvalue weighted by molar-refractivity contribution is 0.230. The molecule has 0 aliphatic rings. The monoisotopic (exact) mass is 194 g/mol. The van der Waals surface area contributed by atoms with Crippen molar-refractivity contribution in [3.05, 3.63) is 18.0 Å². The molecule has 1 N–H and O–H groups in total. The van der Waals surface area contributed by atoms with Gasteiger partial charge in [-0.05, 0) is 12.0 Å². The summed E-state index contributed by atoms with van der Waals surface area (Å²) >= 11 is 0. The summed E-state index contributed by atoms with van der Waals surface area (Å²) in [7, 11) is 3.32. The van der Waals surface area contributed by atoms with Crippen molar-refractivity contribution in [2.24, 2.45) is 0 Å². The van der Waals surface area contributed by atoms with Crippen LogP contribution in [0.15, 0.2) is 12.4 Å². The maximum atomic E-state index is 11.2. The van der Waals surface area contributed by atoms with Gasteiger partial charge in [0.05, 0.1) is 0 Å². The number of amides is 2. The largest absolute Gasteiger partial charge is 0.331 e. The van der Waals surface area contributed by atoms with Crippen LogP contribution < -0.4 is 5.32 Å². The number of carbonyl (C=O) groups excluding carboxylic acids is 1. The lowest BCUT2D eigenvalue weighted by atomic mass is 10.3. The summed E-state index contributed by atoms with van der Waals surface area (Å²) in [5.74, 6) is 0.334. The zero-order valence-electron chi connectivity index (χ0n) is 8.61. The molecule has 0 fully saturated rings. The number of nitrogens with one attached hydrogen (secondary N) is 1. The van der Waals surface area contributed by atoms with E-state index in [1.54, 1.807) is 26.5 Å². The number of hydrogen-bond donors (Lipinski definition) is 1. The summed E-state index contributed by atoms with van der Waals surface area (Å²) in [5, 5.41) is 2.56. The van der Waals surface area contributed by atoms with Gasteiger partial charge in [-0.3, -0.25) is 5.32 Å². The average molecular weight is 194 g/mol. The molecule has 0 bridgehead atoms. The highest BCUT2D eigenvalue weighted by atomic mass is 16.2. The van der Waals surface area contributed by atoms with Gasteiger partial charge in [0.25, 0.3) is 0 Å². The van der Waals surface area contributed by atoms with Crippen LogP contribution >= 0.6 is 0 Å². The Morgan fingerprint density at radius 2 is 2.00 bits per heavy atom. The number of rotatable bonds is 2. The van der Waals surface area contributed by atoms with E-state index in [-0.39, 0.29) is 6.03 Å². The molecule has 0 aromatic carbocycles. The summed E-state index contributed by atoms with van der Waals surface area (Å²) in [5.41, 5.74) is 1.05. The molecule has 0 spiro atoms. The van der Waals surface area contributed by atoms with Crippen molar-refractivity contribution in [2.75, 3.05) is 19.4 Å². The van der Waals surface area contributed by atoms with E-state index in [0.717, 1.165) is 12.0 Å². The molecule has 76 valence electrons. The third-order valence-electron chi connectivity index (χ3n) is 1.74. The Bertz CT molecular complexity index is 307. The number of aryl methyl sites for hydroxylation is 1. The Labute approximate surface area is 83.2 Å². The standard InChI is InChI=1S/C9H14N4O/c1-4-7-5-10-8(11-6-7)12-9(14)13(2)3/h5-6H,4H2,1-3H3,(H,10,11,12,14). The number of anilines is 1. The number of nitrogens with zero attached hydrogens (tertiary/aromatic N) is 3. The molecule has 0 aliphatic carbocycles. The van der Waals surface area contributed by atoms with E-state index in [1.165, 1.54) is 4.90 Å². The molecule has 1 heterocycles. The van der Waals surface area contributed by atoms with E-state index in [9.17, 15) is 4.79 Å². The van der Waals surface area contributed by atoms with Crippen molar-refractivity contribution in [1.82, 2.24) is 14.9 Å². The van der Waals surface area contributed by atoms with Gasteiger partial charge in [0.2, 0.25) is 5.95 Å². The molecule has 0 saturated carbocycles. The number of carbonyl (C=O) groups is 1. The van der Waals surface area contributed by atoms with Gasteiger partial charge in [0.15, 0.2) is 0 Å². The molecule has 0 aliphatic heterocycles. The Morgan fingerprint density at radius 3 is 2.43 bits per heavy atom. The highest BCUT2D eigenvalue weighted by molar-refractivity contribution is 5.86. The molecular formula is C9H14N4O. The molecule has 1 aromatic heterocycles. The minimum absolute atomic E-state index is 0.228. The quantitative estimate of drug-likeness (QED) is 0.767. The first kappa shape index (κ1) is 10.4. The summed E-state index contributed by atoms with van der Waals surface area (Å²) in [6.07, 6.45) is 4.30. The van der Waals surface area contributed by atoms with E-state index in [2.05, 4.69) is 15.3 Å². The average Bonchev–Trinajstić information content (AvgIpc) is 2.19. The van der Waals surface area contributed by atoms with E-state index in [0.29, 0.717) is 5.95 Å². The zero-order valence-corrected chi connectivity index (χ0v) is 8.61. The maximum Gasteiger partial charge on any atom is 0.323 e. The normalized spacial score (nSPS) is 9.64. The first-order chi connectivity index (χ1) is 6.63. The Hall–Kier alpha value is -1.65. The molecule has 0 radical (unpaired) electrons. The van der Waals surface area contributed by atoms with Crippen LogP contribution in [0.1, 0.15) is 12.5 Å². The minimum atomic E-state index is -0.228. The van der Waals surface area contributed by atoms with Crippen molar-refractivity contribution in [2.45, 2.75) is 13.3 Å². The Kier molecular flexibility index (Phi) is 3.39. The smallest absolute Gasteiger partial charge is 0.323 e. The predicted molar refractivity (Wildman–Crippen MR) is 54.1 cm³/mol. The van der Waals surface area contributed by atoms with Gasteiger partial charge in [0, 0.05) is 26.5 Å². The lowest BCUT2D eigenvalue weighted by Crippen LogP contribution is -2.28. The van der Waals surface area contributed by atoms with Crippen molar-refractivity contribution in [3.63, 3.8) is 0 Å². The zero-order chi connectivity index (χ0) is 10.6. The number of hydrogen-bond acceptors (Lipinski definition) is 3. The summed E-state index contributed by atoms with van der Waals surface area (Å²) in [4.78, 5) is 20.6. The second-order valence-electron chi connectivity index (χ2n) is 3.09. The van der Waals surface area contributed by atoms with Crippen LogP contribution in [0.4, 0.5) is 10.7 Å². The Balaban J connectivity index is 2.64. The van der Waals surface area contributed by atoms with Crippen LogP contribution in [0.3, 0.4) is 0 Å². The van der Waals surface area contributed by atoms with Crippen LogP contribution in [0.5, 0.6) is 0 Å². The maximum absolute atomic E-state index is 11.2. The molecule has 5 heteroatoms. The Morgan fingerprint density at radius 1 is 1.43 bits per heavy atom. The highest BCUT2D eigenvalue weighted by Gasteiger charge is 2.04. The third-order valence-corrected chi connectivity index (χ3v) is 1.74. The molecule has 5 nitrogen and oxygen atoms in total. The van der Waals surface area contributed by atoms with Gasteiger partial charge in [-0.25, -0.2) is 14.8 Å². The summed E-state index contributed by atoms with van der Waals surface area (Å²) in [6.45, 7) is 2.02. The van der Waals surface area contributed by atoms with Crippen LogP contribution in [0.2, 0.25) is 0 Å². The highest BCUT2D eigenvalue weighted by Crippen LogP contribution is 2.01. The van der Waals surface area contributed by atoms with Crippen molar-refractivity contribution < 1.29 is 4.79 Å². The van der Waals surface area contributed by atoms with Gasteiger partial charge in [-0.15, -0.1) is 0 Å². The second-order valence-corrected chi connectivity index (χ2v) is 3.09. The van der Waals surface area contributed by atoms with Crippen molar-refractivity contribution >= 4 is 12.0 Å². The molecule has 0 unspecified atom stereocenters. The molecule has 0 saturated heterocycles. The lowest BCUT2D eigenvalue weighted by Gasteiger charge is -2.10. The van der Waals surface area contributed by atoms with Crippen LogP contribution in [0.25, 0.3) is 0 Å². The van der Waals surface area contributed by atoms with E-state index in [1.807, 2.05) is 6.92 Å². The van der Waals surface area contributed by atoms with E-state index in [4.69, 9.17) is 0 Å². The topological polar surface area (TPSA) is 58.1 Å². The van der Waals surface area contributed by atoms with Gasteiger partial charge in [-0.1, -0.05) is 6.92 Å². The molecule has 1 aromatic rings.